The monoisotopic (exact) mass is 291 g/mol. The van der Waals surface area contributed by atoms with Crippen molar-refractivity contribution < 1.29 is 9.59 Å². The molecule has 1 aromatic carbocycles. The van der Waals surface area contributed by atoms with Crippen LogP contribution in [0.5, 0.6) is 0 Å². The van der Waals surface area contributed by atoms with Crippen LogP contribution in [0.15, 0.2) is 18.2 Å². The molecule has 20 heavy (non-hydrogen) atoms. The molecule has 5 nitrogen and oxygen atoms in total. The molecule has 0 unspecified atom stereocenters. The van der Waals surface area contributed by atoms with Gasteiger partial charge in [0.15, 0.2) is 5.13 Å². The number of hydrogen-bond donors (Lipinski definition) is 2. The first kappa shape index (κ1) is 14.5. The molecule has 2 rings (SSSR count). The maximum Gasteiger partial charge on any atom is 0.231 e. The highest BCUT2D eigenvalue weighted by Crippen LogP contribution is 2.29. The van der Waals surface area contributed by atoms with E-state index in [2.05, 4.69) is 15.6 Å². The summed E-state index contributed by atoms with van der Waals surface area (Å²) in [6, 6.07) is 5.46. The number of anilines is 2. The summed E-state index contributed by atoms with van der Waals surface area (Å²) in [6.07, 6.45) is 0. The molecule has 0 radical (unpaired) electrons. The summed E-state index contributed by atoms with van der Waals surface area (Å²) >= 11 is 1.39. The third kappa shape index (κ3) is 3.33. The number of fused-ring (bicyclic) bond motifs is 1. The normalized spacial score (nSPS) is 11.4. The predicted octanol–water partition coefficient (Wildman–Crippen LogP) is 3.24. The molecule has 2 N–H and O–H groups in total. The van der Waals surface area contributed by atoms with Crippen molar-refractivity contribution in [1.29, 1.82) is 0 Å². The number of carbonyl (C=O) groups is 2. The van der Waals surface area contributed by atoms with Crippen LogP contribution in [0.2, 0.25) is 0 Å². The van der Waals surface area contributed by atoms with Crippen LogP contribution in [0, 0.1) is 5.41 Å². The second kappa shape index (κ2) is 5.20. The number of carbonyl (C=O) groups excluding carboxylic acids is 2. The molecule has 0 spiro atoms. The van der Waals surface area contributed by atoms with E-state index < -0.39 is 5.41 Å². The number of thiazole rings is 1. The zero-order valence-corrected chi connectivity index (χ0v) is 12.7. The minimum Gasteiger partial charge on any atom is -0.326 e. The molecule has 0 aliphatic heterocycles. The van der Waals surface area contributed by atoms with E-state index in [1.165, 1.54) is 18.3 Å². The number of amides is 2. The topological polar surface area (TPSA) is 71.1 Å². The molecule has 0 fully saturated rings. The van der Waals surface area contributed by atoms with Gasteiger partial charge in [-0.05, 0) is 18.2 Å². The van der Waals surface area contributed by atoms with Gasteiger partial charge >= 0.3 is 0 Å². The summed E-state index contributed by atoms with van der Waals surface area (Å²) in [4.78, 5) is 27.3. The Labute approximate surface area is 121 Å². The molecule has 2 aromatic rings. The summed E-state index contributed by atoms with van der Waals surface area (Å²) in [7, 11) is 0. The van der Waals surface area contributed by atoms with E-state index in [0.717, 1.165) is 15.9 Å². The molecular weight excluding hydrogens is 274 g/mol. The van der Waals surface area contributed by atoms with E-state index in [-0.39, 0.29) is 11.8 Å². The van der Waals surface area contributed by atoms with Crippen molar-refractivity contribution in [2.24, 2.45) is 5.41 Å². The SMILES string of the molecule is CC(=O)Nc1ccc2nc(NC(=O)C(C)(C)C)sc2c1. The smallest absolute Gasteiger partial charge is 0.231 e. The van der Waals surface area contributed by atoms with Crippen LogP contribution < -0.4 is 10.6 Å². The summed E-state index contributed by atoms with van der Waals surface area (Å²) in [5.41, 5.74) is 1.06. The maximum atomic E-state index is 11.9. The fourth-order valence-electron chi connectivity index (χ4n) is 1.54. The van der Waals surface area contributed by atoms with Crippen molar-refractivity contribution in [3.8, 4) is 0 Å². The number of hydrogen-bond acceptors (Lipinski definition) is 4. The summed E-state index contributed by atoms with van der Waals surface area (Å²) in [5, 5.41) is 6.11. The lowest BCUT2D eigenvalue weighted by Crippen LogP contribution is -2.27. The zero-order valence-electron chi connectivity index (χ0n) is 11.9. The van der Waals surface area contributed by atoms with Gasteiger partial charge in [0.2, 0.25) is 11.8 Å². The van der Waals surface area contributed by atoms with Gasteiger partial charge in [0.05, 0.1) is 10.2 Å². The standard InChI is InChI=1S/C14H17N3O2S/c1-8(18)15-9-5-6-10-11(7-9)20-13(16-10)17-12(19)14(2,3)4/h5-7H,1-4H3,(H,15,18)(H,16,17,19). The fourth-order valence-corrected chi connectivity index (χ4v) is 2.44. The lowest BCUT2D eigenvalue weighted by Gasteiger charge is -2.15. The minimum atomic E-state index is -0.459. The Balaban J connectivity index is 2.25. The predicted molar refractivity (Wildman–Crippen MR) is 82.0 cm³/mol. The molecule has 2 amide bonds. The lowest BCUT2D eigenvalue weighted by atomic mass is 9.96. The molecule has 106 valence electrons. The van der Waals surface area contributed by atoms with Gasteiger partial charge in [-0.1, -0.05) is 32.1 Å². The van der Waals surface area contributed by atoms with Crippen LogP contribution >= 0.6 is 11.3 Å². The van der Waals surface area contributed by atoms with Crippen LogP contribution in [0.4, 0.5) is 10.8 Å². The first-order valence-corrected chi connectivity index (χ1v) is 7.07. The van der Waals surface area contributed by atoms with Crippen molar-refractivity contribution in [2.45, 2.75) is 27.7 Å². The molecule has 1 aromatic heterocycles. The highest BCUT2D eigenvalue weighted by molar-refractivity contribution is 7.22. The lowest BCUT2D eigenvalue weighted by molar-refractivity contribution is -0.123. The Kier molecular flexibility index (Phi) is 3.76. The summed E-state index contributed by atoms with van der Waals surface area (Å²) < 4.78 is 0.917. The third-order valence-corrected chi connectivity index (χ3v) is 3.54. The first-order valence-electron chi connectivity index (χ1n) is 6.25. The van der Waals surface area contributed by atoms with Gasteiger partial charge in [-0.25, -0.2) is 4.98 Å². The number of nitrogens with zero attached hydrogens (tertiary/aromatic N) is 1. The first-order chi connectivity index (χ1) is 9.25. The van der Waals surface area contributed by atoms with Gasteiger partial charge in [0.25, 0.3) is 0 Å². The Morgan fingerprint density at radius 1 is 1.20 bits per heavy atom. The van der Waals surface area contributed by atoms with Gasteiger partial charge in [-0.2, -0.15) is 0 Å². The van der Waals surface area contributed by atoms with E-state index in [9.17, 15) is 9.59 Å². The van der Waals surface area contributed by atoms with E-state index in [1.54, 1.807) is 6.07 Å². The second-order valence-corrected chi connectivity index (χ2v) is 6.62. The average Bonchev–Trinajstić information content (AvgIpc) is 2.68. The van der Waals surface area contributed by atoms with E-state index in [4.69, 9.17) is 0 Å². The molecule has 6 heteroatoms. The highest BCUT2D eigenvalue weighted by atomic mass is 32.1. The molecule has 0 saturated heterocycles. The molecule has 0 aliphatic carbocycles. The minimum absolute atomic E-state index is 0.0707. The quantitative estimate of drug-likeness (QED) is 0.892. The Bertz CT molecular complexity index is 671. The van der Waals surface area contributed by atoms with Crippen molar-refractivity contribution in [3.05, 3.63) is 18.2 Å². The molecular formula is C14H17N3O2S. The van der Waals surface area contributed by atoms with Gasteiger partial charge in [0.1, 0.15) is 0 Å². The zero-order chi connectivity index (χ0) is 14.9. The number of rotatable bonds is 2. The molecule has 0 aliphatic rings. The van der Waals surface area contributed by atoms with Crippen LogP contribution in [-0.4, -0.2) is 16.8 Å². The van der Waals surface area contributed by atoms with Crippen LogP contribution in [0.25, 0.3) is 10.2 Å². The van der Waals surface area contributed by atoms with Crippen molar-refractivity contribution in [1.82, 2.24) is 4.98 Å². The van der Waals surface area contributed by atoms with Crippen molar-refractivity contribution >= 4 is 44.2 Å². The van der Waals surface area contributed by atoms with E-state index >= 15 is 0 Å². The highest BCUT2D eigenvalue weighted by Gasteiger charge is 2.22. The summed E-state index contributed by atoms with van der Waals surface area (Å²) in [5.74, 6) is -0.186. The van der Waals surface area contributed by atoms with Crippen LogP contribution in [0.3, 0.4) is 0 Å². The van der Waals surface area contributed by atoms with Gasteiger partial charge < -0.3 is 10.6 Å². The number of nitrogens with one attached hydrogen (secondary N) is 2. The van der Waals surface area contributed by atoms with Gasteiger partial charge in [-0.3, -0.25) is 9.59 Å². The van der Waals surface area contributed by atoms with Gasteiger partial charge in [-0.15, -0.1) is 0 Å². The summed E-state index contributed by atoms with van der Waals surface area (Å²) in [6.45, 7) is 7.02. The largest absolute Gasteiger partial charge is 0.326 e. The number of benzene rings is 1. The van der Waals surface area contributed by atoms with Crippen LogP contribution in [0.1, 0.15) is 27.7 Å². The van der Waals surface area contributed by atoms with Gasteiger partial charge in [0, 0.05) is 18.0 Å². The Morgan fingerprint density at radius 3 is 2.50 bits per heavy atom. The molecule has 0 saturated carbocycles. The van der Waals surface area contributed by atoms with Crippen LogP contribution in [-0.2, 0) is 9.59 Å². The average molecular weight is 291 g/mol. The van der Waals surface area contributed by atoms with Crippen molar-refractivity contribution in [3.63, 3.8) is 0 Å². The third-order valence-electron chi connectivity index (χ3n) is 2.61. The second-order valence-electron chi connectivity index (χ2n) is 5.59. The van der Waals surface area contributed by atoms with E-state index in [0.29, 0.717) is 5.13 Å². The molecule has 1 heterocycles. The fraction of sp³-hybridized carbons (Fsp3) is 0.357. The van der Waals surface area contributed by atoms with E-state index in [1.807, 2.05) is 32.9 Å². The van der Waals surface area contributed by atoms with Crippen molar-refractivity contribution in [2.75, 3.05) is 10.6 Å². The Hall–Kier alpha value is -1.95. The Morgan fingerprint density at radius 2 is 1.90 bits per heavy atom. The molecule has 0 bridgehead atoms. The molecule has 0 atom stereocenters. The number of aromatic nitrogens is 1. The maximum absolute atomic E-state index is 11.9.